The minimum Gasteiger partial charge on any atom is -0.461 e. The molecule has 1 N–H and O–H groups in total. The van der Waals surface area contributed by atoms with Crippen molar-refractivity contribution in [1.82, 2.24) is 34.1 Å². The lowest BCUT2D eigenvalue weighted by Crippen LogP contribution is -2.29. The van der Waals surface area contributed by atoms with E-state index in [1.54, 1.807) is 11.7 Å². The highest BCUT2D eigenvalue weighted by molar-refractivity contribution is 5.93. The molecule has 1 saturated carbocycles. The maximum absolute atomic E-state index is 11.8. The van der Waals surface area contributed by atoms with Crippen LogP contribution in [0.5, 0.6) is 6.01 Å². The summed E-state index contributed by atoms with van der Waals surface area (Å²) in [6.45, 7) is 0. The molecule has 0 bridgehead atoms. The molecule has 1 fully saturated rings. The van der Waals surface area contributed by atoms with Crippen LogP contribution in [0.2, 0.25) is 0 Å². The van der Waals surface area contributed by atoms with Crippen LogP contribution in [-0.4, -0.2) is 47.2 Å². The van der Waals surface area contributed by atoms with E-state index in [9.17, 15) is 4.79 Å². The van der Waals surface area contributed by atoms with Gasteiger partial charge in [0.1, 0.15) is 17.6 Å². The molecule has 5 rings (SSSR count). The summed E-state index contributed by atoms with van der Waals surface area (Å²) in [5.74, 6) is 0.810. The Labute approximate surface area is 184 Å². The van der Waals surface area contributed by atoms with Gasteiger partial charge in [-0.05, 0) is 25.7 Å². The lowest BCUT2D eigenvalue weighted by molar-refractivity contribution is 0.115. The van der Waals surface area contributed by atoms with Gasteiger partial charge in [0.15, 0.2) is 0 Å². The van der Waals surface area contributed by atoms with Gasteiger partial charge in [0, 0.05) is 62.8 Å². The van der Waals surface area contributed by atoms with Gasteiger partial charge in [0.05, 0.1) is 17.8 Å². The van der Waals surface area contributed by atoms with Gasteiger partial charge < -0.3 is 10.1 Å². The first-order valence-electron chi connectivity index (χ1n) is 10.8. The molecule has 4 heterocycles. The first kappa shape index (κ1) is 20.2. The minimum absolute atomic E-state index is 0.0286. The molecule has 4 aromatic rings. The molecule has 0 amide bonds. The van der Waals surface area contributed by atoms with Crippen LogP contribution in [0.1, 0.15) is 31.7 Å². The SMILES string of the molecule is CNc1cc2c(cn1)c(-c1cnn(C)c1)nn2[C@H]1CC[C@H](Oc2nccc(=O)n2C)CC1. The molecule has 0 atom stereocenters. The van der Waals surface area contributed by atoms with Gasteiger partial charge >= 0.3 is 0 Å². The van der Waals surface area contributed by atoms with Gasteiger partial charge in [-0.2, -0.15) is 10.2 Å². The van der Waals surface area contributed by atoms with Crippen LogP contribution < -0.4 is 15.6 Å². The van der Waals surface area contributed by atoms with Gasteiger partial charge in [-0.25, -0.2) is 9.97 Å². The number of anilines is 1. The van der Waals surface area contributed by atoms with Crippen LogP contribution in [0.25, 0.3) is 22.2 Å². The number of hydrogen-bond acceptors (Lipinski definition) is 7. The van der Waals surface area contributed by atoms with Crippen LogP contribution in [0.3, 0.4) is 0 Å². The Morgan fingerprint density at radius 3 is 2.66 bits per heavy atom. The van der Waals surface area contributed by atoms with Gasteiger partial charge in [-0.15, -0.1) is 0 Å². The van der Waals surface area contributed by atoms with Crippen molar-refractivity contribution in [2.45, 2.75) is 37.8 Å². The van der Waals surface area contributed by atoms with Crippen molar-refractivity contribution in [1.29, 1.82) is 0 Å². The normalized spacial score (nSPS) is 18.7. The zero-order valence-electron chi connectivity index (χ0n) is 18.4. The van der Waals surface area contributed by atoms with E-state index >= 15 is 0 Å². The fourth-order valence-corrected chi connectivity index (χ4v) is 4.33. The van der Waals surface area contributed by atoms with E-state index in [2.05, 4.69) is 31.1 Å². The third-order valence-electron chi connectivity index (χ3n) is 6.11. The summed E-state index contributed by atoms with van der Waals surface area (Å²) in [5.41, 5.74) is 2.80. The predicted octanol–water partition coefficient (Wildman–Crippen LogP) is 2.53. The Morgan fingerprint density at radius 1 is 1.12 bits per heavy atom. The number of fused-ring (bicyclic) bond motifs is 1. The lowest BCUT2D eigenvalue weighted by Gasteiger charge is -2.29. The molecule has 1 aliphatic rings. The Bertz CT molecular complexity index is 1310. The quantitative estimate of drug-likeness (QED) is 0.515. The van der Waals surface area contributed by atoms with E-state index in [-0.39, 0.29) is 17.7 Å². The molecule has 0 aliphatic heterocycles. The average molecular weight is 435 g/mol. The average Bonchev–Trinajstić information content (AvgIpc) is 3.40. The summed E-state index contributed by atoms with van der Waals surface area (Å²) in [7, 11) is 5.45. The van der Waals surface area contributed by atoms with Crippen LogP contribution in [0.15, 0.2) is 41.7 Å². The molecule has 10 heteroatoms. The molecule has 0 aromatic carbocycles. The number of nitrogens with one attached hydrogen (secondary N) is 1. The Balaban J connectivity index is 1.41. The molecule has 32 heavy (non-hydrogen) atoms. The van der Waals surface area contributed by atoms with Crippen LogP contribution in [-0.2, 0) is 14.1 Å². The second kappa shape index (κ2) is 8.10. The maximum Gasteiger partial charge on any atom is 0.299 e. The fourth-order valence-electron chi connectivity index (χ4n) is 4.33. The summed E-state index contributed by atoms with van der Waals surface area (Å²) in [5, 5.41) is 13.4. The van der Waals surface area contributed by atoms with Gasteiger partial charge in [-0.3, -0.25) is 18.7 Å². The molecule has 166 valence electrons. The van der Waals surface area contributed by atoms with Crippen molar-refractivity contribution < 1.29 is 4.74 Å². The number of rotatable bonds is 5. The van der Waals surface area contributed by atoms with Gasteiger partial charge in [0.2, 0.25) is 0 Å². The summed E-state index contributed by atoms with van der Waals surface area (Å²) >= 11 is 0. The Kier molecular flexibility index (Phi) is 5.12. The van der Waals surface area contributed by atoms with Crippen LogP contribution >= 0.6 is 0 Å². The number of aromatic nitrogens is 7. The highest BCUT2D eigenvalue weighted by Gasteiger charge is 2.27. The molecule has 0 unspecified atom stereocenters. The Hall–Kier alpha value is -3.69. The zero-order valence-corrected chi connectivity index (χ0v) is 18.4. The second-order valence-corrected chi connectivity index (χ2v) is 8.21. The van der Waals surface area contributed by atoms with Crippen molar-refractivity contribution in [3.8, 4) is 17.3 Å². The first-order valence-corrected chi connectivity index (χ1v) is 10.8. The monoisotopic (exact) mass is 434 g/mol. The van der Waals surface area contributed by atoms with E-state index in [0.29, 0.717) is 6.01 Å². The smallest absolute Gasteiger partial charge is 0.299 e. The third kappa shape index (κ3) is 3.61. The number of ether oxygens (including phenoxy) is 1. The summed E-state index contributed by atoms with van der Waals surface area (Å²) in [6.07, 6.45) is 10.8. The standard InChI is InChI=1S/C22H26N8O2/c1-23-19-10-18-17(12-25-19)21(14-11-26-28(2)13-14)27-30(18)15-4-6-16(7-5-15)32-22-24-9-8-20(31)29(22)3/h8-13,15-16H,4-7H2,1-3H3,(H,23,25)/t15-,16-. The van der Waals surface area contributed by atoms with Crippen LogP contribution in [0, 0.1) is 0 Å². The molecule has 1 aliphatic carbocycles. The fraction of sp³-hybridized carbons (Fsp3) is 0.409. The van der Waals surface area contributed by atoms with E-state index in [1.807, 2.05) is 32.7 Å². The summed E-state index contributed by atoms with van der Waals surface area (Å²) in [4.78, 5) is 20.5. The number of nitrogens with zero attached hydrogens (tertiary/aromatic N) is 7. The predicted molar refractivity (Wildman–Crippen MR) is 121 cm³/mol. The van der Waals surface area contributed by atoms with E-state index in [4.69, 9.17) is 9.84 Å². The van der Waals surface area contributed by atoms with Crippen molar-refractivity contribution in [3.63, 3.8) is 0 Å². The summed E-state index contributed by atoms with van der Waals surface area (Å²) < 4.78 is 11.4. The molecule has 0 spiro atoms. The number of aryl methyl sites for hydroxylation is 1. The van der Waals surface area contributed by atoms with E-state index in [1.165, 1.54) is 16.8 Å². The number of hydrogen-bond donors (Lipinski definition) is 1. The molecule has 0 saturated heterocycles. The first-order chi connectivity index (χ1) is 15.5. The van der Waals surface area contributed by atoms with Crippen molar-refractivity contribution in [2.75, 3.05) is 12.4 Å². The van der Waals surface area contributed by atoms with Crippen molar-refractivity contribution in [2.24, 2.45) is 14.1 Å². The Morgan fingerprint density at radius 2 is 1.94 bits per heavy atom. The maximum atomic E-state index is 11.8. The molecular weight excluding hydrogens is 408 g/mol. The highest BCUT2D eigenvalue weighted by Crippen LogP contribution is 2.36. The lowest BCUT2D eigenvalue weighted by atomic mass is 9.93. The van der Waals surface area contributed by atoms with Gasteiger partial charge in [-0.1, -0.05) is 0 Å². The molecule has 10 nitrogen and oxygen atoms in total. The van der Waals surface area contributed by atoms with Gasteiger partial charge in [0.25, 0.3) is 11.6 Å². The topological polar surface area (TPSA) is 105 Å². The van der Waals surface area contributed by atoms with E-state index in [0.717, 1.165) is 53.7 Å². The van der Waals surface area contributed by atoms with E-state index < -0.39 is 0 Å². The van der Waals surface area contributed by atoms with Crippen molar-refractivity contribution in [3.05, 3.63) is 47.3 Å². The molecule has 4 aromatic heterocycles. The second-order valence-electron chi connectivity index (χ2n) is 8.21. The zero-order chi connectivity index (χ0) is 22.2. The third-order valence-corrected chi connectivity index (χ3v) is 6.11. The highest BCUT2D eigenvalue weighted by atomic mass is 16.5. The van der Waals surface area contributed by atoms with Crippen molar-refractivity contribution >= 4 is 16.7 Å². The summed E-state index contributed by atoms with van der Waals surface area (Å²) in [6, 6.07) is 4.10. The minimum atomic E-state index is -0.122. The number of pyridine rings is 1. The molecule has 0 radical (unpaired) electrons. The largest absolute Gasteiger partial charge is 0.461 e. The molecular formula is C22H26N8O2. The van der Waals surface area contributed by atoms with Crippen LogP contribution in [0.4, 0.5) is 5.82 Å².